The van der Waals surface area contributed by atoms with Crippen LogP contribution in [0.2, 0.25) is 0 Å². The number of amides is 2. The predicted molar refractivity (Wildman–Crippen MR) is 96.1 cm³/mol. The van der Waals surface area contributed by atoms with Crippen molar-refractivity contribution < 1.29 is 9.59 Å². The van der Waals surface area contributed by atoms with Crippen LogP contribution in [0.4, 0.5) is 0 Å². The first-order valence-electron chi connectivity index (χ1n) is 8.00. The molecule has 1 fully saturated rings. The van der Waals surface area contributed by atoms with Gasteiger partial charge in [0.05, 0.1) is 0 Å². The fourth-order valence-electron chi connectivity index (χ4n) is 2.84. The monoisotopic (exact) mass is 340 g/mol. The summed E-state index contributed by atoms with van der Waals surface area (Å²) in [6.45, 7) is 1.58. The van der Waals surface area contributed by atoms with Gasteiger partial charge in [0.2, 0.25) is 5.91 Å². The number of likely N-dealkylation sites (tertiary alicyclic amines) is 1. The molecule has 2 amide bonds. The third-order valence-corrected chi connectivity index (χ3v) is 5.46. The Morgan fingerprint density at radius 3 is 2.38 bits per heavy atom. The molecule has 1 atom stereocenters. The van der Waals surface area contributed by atoms with Gasteiger partial charge in [-0.25, -0.2) is 0 Å². The Kier molecular flexibility index (Phi) is 5.20. The lowest BCUT2D eigenvalue weighted by molar-refractivity contribution is 0.0787. The van der Waals surface area contributed by atoms with E-state index in [0.717, 1.165) is 25.3 Å². The largest absolute Gasteiger partial charge is 0.366 e. The van der Waals surface area contributed by atoms with Gasteiger partial charge in [0.1, 0.15) is 0 Å². The average molecular weight is 340 g/mol. The van der Waals surface area contributed by atoms with Gasteiger partial charge in [0.25, 0.3) is 5.91 Å². The highest BCUT2D eigenvalue weighted by atomic mass is 32.2. The molecule has 1 aliphatic rings. The molecule has 1 aliphatic heterocycles. The van der Waals surface area contributed by atoms with Gasteiger partial charge in [-0.05, 0) is 48.7 Å². The summed E-state index contributed by atoms with van der Waals surface area (Å²) in [6, 6.07) is 16.9. The van der Waals surface area contributed by atoms with Crippen molar-refractivity contribution in [2.24, 2.45) is 11.7 Å². The first kappa shape index (κ1) is 16.6. The Morgan fingerprint density at radius 1 is 1.04 bits per heavy atom. The standard InChI is InChI=1S/C19H20N2O2S/c20-18(22)15-6-8-16(9-7-15)19(23)21-11-10-14(12-21)13-24-17-4-2-1-3-5-17/h1-9,14H,10-13H2,(H2,20,22). The molecule has 0 saturated carbocycles. The Balaban J connectivity index is 1.54. The van der Waals surface area contributed by atoms with Crippen LogP contribution in [0.1, 0.15) is 27.1 Å². The third-order valence-electron chi connectivity index (χ3n) is 4.22. The van der Waals surface area contributed by atoms with Crippen molar-refractivity contribution in [1.82, 2.24) is 4.90 Å². The summed E-state index contributed by atoms with van der Waals surface area (Å²) in [5.74, 6) is 1.09. The summed E-state index contributed by atoms with van der Waals surface area (Å²) in [6.07, 6.45) is 1.03. The van der Waals surface area contributed by atoms with E-state index in [9.17, 15) is 9.59 Å². The SMILES string of the molecule is NC(=O)c1ccc(C(=O)N2CCC(CSc3ccccc3)C2)cc1. The third kappa shape index (κ3) is 3.97. The van der Waals surface area contributed by atoms with Crippen molar-refractivity contribution in [2.45, 2.75) is 11.3 Å². The lowest BCUT2D eigenvalue weighted by atomic mass is 10.1. The van der Waals surface area contributed by atoms with Gasteiger partial charge in [0, 0.05) is 34.9 Å². The number of nitrogens with two attached hydrogens (primary N) is 1. The van der Waals surface area contributed by atoms with Gasteiger partial charge >= 0.3 is 0 Å². The number of carbonyl (C=O) groups excluding carboxylic acids is 2. The van der Waals surface area contributed by atoms with Gasteiger partial charge in [0.15, 0.2) is 0 Å². The maximum atomic E-state index is 12.6. The van der Waals surface area contributed by atoms with E-state index in [4.69, 9.17) is 5.73 Å². The first-order valence-corrected chi connectivity index (χ1v) is 8.99. The van der Waals surface area contributed by atoms with Crippen molar-refractivity contribution in [2.75, 3.05) is 18.8 Å². The number of carbonyl (C=O) groups is 2. The summed E-state index contributed by atoms with van der Waals surface area (Å²) in [5.41, 5.74) is 6.25. The molecule has 0 bridgehead atoms. The number of benzene rings is 2. The van der Waals surface area contributed by atoms with Crippen LogP contribution in [0.5, 0.6) is 0 Å². The molecule has 1 heterocycles. The molecule has 2 N–H and O–H groups in total. The van der Waals surface area contributed by atoms with E-state index in [-0.39, 0.29) is 5.91 Å². The van der Waals surface area contributed by atoms with Gasteiger partial charge < -0.3 is 10.6 Å². The second kappa shape index (κ2) is 7.53. The number of hydrogen-bond acceptors (Lipinski definition) is 3. The van der Waals surface area contributed by atoms with Crippen LogP contribution in [-0.2, 0) is 0 Å². The van der Waals surface area contributed by atoms with Crippen LogP contribution in [0.25, 0.3) is 0 Å². The summed E-state index contributed by atoms with van der Waals surface area (Å²) < 4.78 is 0. The normalized spacial score (nSPS) is 17.0. The van der Waals surface area contributed by atoms with Gasteiger partial charge in [-0.1, -0.05) is 18.2 Å². The Morgan fingerprint density at radius 2 is 1.71 bits per heavy atom. The van der Waals surface area contributed by atoms with E-state index in [1.54, 1.807) is 24.3 Å². The van der Waals surface area contributed by atoms with Crippen LogP contribution in [-0.4, -0.2) is 35.6 Å². The van der Waals surface area contributed by atoms with E-state index in [1.807, 2.05) is 34.9 Å². The topological polar surface area (TPSA) is 63.4 Å². The molecule has 124 valence electrons. The maximum Gasteiger partial charge on any atom is 0.253 e. The smallest absolute Gasteiger partial charge is 0.253 e. The molecule has 0 aliphatic carbocycles. The molecular weight excluding hydrogens is 320 g/mol. The van der Waals surface area contributed by atoms with Crippen molar-refractivity contribution in [3.8, 4) is 0 Å². The fraction of sp³-hybridized carbons (Fsp3) is 0.263. The molecule has 0 aromatic heterocycles. The molecule has 1 saturated heterocycles. The molecule has 0 radical (unpaired) electrons. The van der Waals surface area contributed by atoms with Crippen LogP contribution in [0.15, 0.2) is 59.5 Å². The molecule has 24 heavy (non-hydrogen) atoms. The molecule has 2 aromatic carbocycles. The minimum absolute atomic E-state index is 0.0261. The summed E-state index contributed by atoms with van der Waals surface area (Å²) >= 11 is 1.84. The molecule has 5 heteroatoms. The van der Waals surface area contributed by atoms with Gasteiger partial charge in [-0.2, -0.15) is 0 Å². The van der Waals surface area contributed by atoms with Crippen LogP contribution in [0.3, 0.4) is 0 Å². The van der Waals surface area contributed by atoms with E-state index in [0.29, 0.717) is 17.0 Å². The zero-order valence-electron chi connectivity index (χ0n) is 13.4. The fourth-order valence-corrected chi connectivity index (χ4v) is 3.89. The molecule has 4 nitrogen and oxygen atoms in total. The zero-order chi connectivity index (χ0) is 16.9. The number of rotatable bonds is 5. The Hall–Kier alpha value is -2.27. The lowest BCUT2D eigenvalue weighted by Gasteiger charge is -2.16. The van der Waals surface area contributed by atoms with Crippen LogP contribution < -0.4 is 5.73 Å². The van der Waals surface area contributed by atoms with E-state index >= 15 is 0 Å². The van der Waals surface area contributed by atoms with Crippen LogP contribution >= 0.6 is 11.8 Å². The van der Waals surface area contributed by atoms with Crippen LogP contribution in [0, 0.1) is 5.92 Å². The zero-order valence-corrected chi connectivity index (χ0v) is 14.2. The molecular formula is C19H20N2O2S. The number of hydrogen-bond donors (Lipinski definition) is 1. The molecule has 2 aromatic rings. The molecule has 1 unspecified atom stereocenters. The van der Waals surface area contributed by atoms with Gasteiger partial charge in [-0.3, -0.25) is 9.59 Å². The van der Waals surface area contributed by atoms with E-state index in [1.165, 1.54) is 4.90 Å². The number of primary amides is 1. The summed E-state index contributed by atoms with van der Waals surface area (Å²) in [5, 5.41) is 0. The molecule has 3 rings (SSSR count). The highest BCUT2D eigenvalue weighted by Crippen LogP contribution is 2.26. The minimum atomic E-state index is -0.479. The van der Waals surface area contributed by atoms with Crippen molar-refractivity contribution in [3.63, 3.8) is 0 Å². The summed E-state index contributed by atoms with van der Waals surface area (Å²) in [4.78, 5) is 26.8. The predicted octanol–water partition coefficient (Wildman–Crippen LogP) is 3.04. The number of thioether (sulfide) groups is 1. The Bertz CT molecular complexity index is 716. The lowest BCUT2D eigenvalue weighted by Crippen LogP contribution is -2.29. The molecule has 0 spiro atoms. The quantitative estimate of drug-likeness (QED) is 0.851. The van der Waals surface area contributed by atoms with E-state index < -0.39 is 5.91 Å². The maximum absolute atomic E-state index is 12.6. The average Bonchev–Trinajstić information content (AvgIpc) is 3.09. The van der Waals surface area contributed by atoms with E-state index in [2.05, 4.69) is 12.1 Å². The number of nitrogens with zero attached hydrogens (tertiary/aromatic N) is 1. The van der Waals surface area contributed by atoms with Crippen molar-refractivity contribution >= 4 is 23.6 Å². The van der Waals surface area contributed by atoms with Crippen molar-refractivity contribution in [3.05, 3.63) is 65.7 Å². The first-order chi connectivity index (χ1) is 11.6. The second-order valence-corrected chi connectivity index (χ2v) is 7.06. The highest BCUT2D eigenvalue weighted by molar-refractivity contribution is 7.99. The van der Waals surface area contributed by atoms with Gasteiger partial charge in [-0.15, -0.1) is 11.8 Å². The summed E-state index contributed by atoms with van der Waals surface area (Å²) in [7, 11) is 0. The minimum Gasteiger partial charge on any atom is -0.366 e. The van der Waals surface area contributed by atoms with Crippen molar-refractivity contribution in [1.29, 1.82) is 0 Å². The highest BCUT2D eigenvalue weighted by Gasteiger charge is 2.27. The second-order valence-electron chi connectivity index (χ2n) is 5.97. The Labute approximate surface area is 146 Å².